The number of hydrogen-bond acceptors (Lipinski definition) is 5. The van der Waals surface area contributed by atoms with Gasteiger partial charge in [0.2, 0.25) is 5.56 Å². The van der Waals surface area contributed by atoms with Crippen LogP contribution in [0.4, 0.5) is 5.69 Å². The number of nitrogens with zero attached hydrogens (tertiary/aromatic N) is 1. The van der Waals surface area contributed by atoms with Crippen LogP contribution < -0.4 is 5.56 Å². The standard InChI is InChI=1S/C17H12N2O5/c20-16-9-13(12-6-2-3-7-14(12)18-16)17(21)24-10-11-5-1-4-8-15(11)19(22)23/h1-9H,10H2,(H,18,20). The summed E-state index contributed by atoms with van der Waals surface area (Å²) in [6.45, 7) is -0.253. The van der Waals surface area contributed by atoms with E-state index in [-0.39, 0.29) is 23.4 Å². The van der Waals surface area contributed by atoms with Gasteiger partial charge in [0.05, 0.1) is 16.1 Å². The van der Waals surface area contributed by atoms with E-state index in [2.05, 4.69) is 4.98 Å². The summed E-state index contributed by atoms with van der Waals surface area (Å²) in [5.41, 5.74) is 0.369. The van der Waals surface area contributed by atoms with Gasteiger partial charge in [-0.25, -0.2) is 4.79 Å². The Bertz CT molecular complexity index is 993. The molecule has 0 spiro atoms. The van der Waals surface area contributed by atoms with Gasteiger partial charge in [0.15, 0.2) is 0 Å². The van der Waals surface area contributed by atoms with Crippen molar-refractivity contribution in [1.82, 2.24) is 4.98 Å². The van der Waals surface area contributed by atoms with Crippen molar-refractivity contribution in [3.63, 3.8) is 0 Å². The van der Waals surface area contributed by atoms with Crippen molar-refractivity contribution < 1.29 is 14.5 Å². The van der Waals surface area contributed by atoms with E-state index < -0.39 is 16.5 Å². The number of nitro groups is 1. The molecule has 3 rings (SSSR count). The summed E-state index contributed by atoms with van der Waals surface area (Å²) in [6, 6.07) is 14.0. The molecule has 0 radical (unpaired) electrons. The van der Waals surface area contributed by atoms with Crippen molar-refractivity contribution >= 4 is 22.6 Å². The van der Waals surface area contributed by atoms with Gasteiger partial charge in [-0.1, -0.05) is 30.3 Å². The lowest BCUT2D eigenvalue weighted by atomic mass is 10.1. The highest BCUT2D eigenvalue weighted by Crippen LogP contribution is 2.20. The minimum absolute atomic E-state index is 0.118. The quantitative estimate of drug-likeness (QED) is 0.451. The number of aromatic amines is 1. The Morgan fingerprint density at radius 1 is 1.12 bits per heavy atom. The predicted octanol–water partition coefficient (Wildman–Crippen LogP) is 2.79. The topological polar surface area (TPSA) is 102 Å². The van der Waals surface area contributed by atoms with Gasteiger partial charge >= 0.3 is 5.97 Å². The van der Waals surface area contributed by atoms with Crippen LogP contribution in [0.15, 0.2) is 59.4 Å². The molecule has 0 aliphatic carbocycles. The lowest BCUT2D eigenvalue weighted by molar-refractivity contribution is -0.385. The van der Waals surface area contributed by atoms with Crippen molar-refractivity contribution in [2.24, 2.45) is 0 Å². The second-order valence-corrected chi connectivity index (χ2v) is 5.05. The van der Waals surface area contributed by atoms with Crippen LogP contribution in [0, 0.1) is 10.1 Å². The summed E-state index contributed by atoms with van der Waals surface area (Å²) in [4.78, 5) is 37.1. The van der Waals surface area contributed by atoms with Gasteiger partial charge in [-0.3, -0.25) is 14.9 Å². The second-order valence-electron chi connectivity index (χ2n) is 5.05. The van der Waals surface area contributed by atoms with Crippen molar-refractivity contribution in [3.8, 4) is 0 Å². The van der Waals surface area contributed by atoms with Gasteiger partial charge in [-0.2, -0.15) is 0 Å². The van der Waals surface area contributed by atoms with Crippen molar-refractivity contribution in [2.45, 2.75) is 6.61 Å². The minimum Gasteiger partial charge on any atom is -0.457 e. The molecule has 1 N–H and O–H groups in total. The van der Waals surface area contributed by atoms with E-state index in [9.17, 15) is 19.7 Å². The van der Waals surface area contributed by atoms with Crippen molar-refractivity contribution in [1.29, 1.82) is 0 Å². The number of para-hydroxylation sites is 2. The summed E-state index contributed by atoms with van der Waals surface area (Å²) < 4.78 is 5.17. The SMILES string of the molecule is O=C(OCc1ccccc1[N+](=O)[O-])c1cc(=O)[nH]c2ccccc12. The fraction of sp³-hybridized carbons (Fsp3) is 0.0588. The number of carbonyl (C=O) groups is 1. The van der Waals surface area contributed by atoms with Gasteiger partial charge < -0.3 is 9.72 Å². The second kappa shape index (κ2) is 6.33. The molecule has 1 heterocycles. The molecule has 2 aromatic carbocycles. The number of carbonyl (C=O) groups excluding carboxylic acids is 1. The third-order valence-electron chi connectivity index (χ3n) is 3.52. The van der Waals surface area contributed by atoms with Crippen LogP contribution in [0.2, 0.25) is 0 Å². The first-order valence-electron chi connectivity index (χ1n) is 7.08. The first-order chi connectivity index (χ1) is 11.6. The smallest absolute Gasteiger partial charge is 0.339 e. The molecule has 0 aliphatic heterocycles. The molecule has 7 heteroatoms. The highest BCUT2D eigenvalue weighted by molar-refractivity contribution is 6.03. The fourth-order valence-electron chi connectivity index (χ4n) is 2.41. The zero-order chi connectivity index (χ0) is 17.1. The maximum absolute atomic E-state index is 12.3. The number of H-pyrrole nitrogens is 1. The molecule has 1 aromatic heterocycles. The zero-order valence-electron chi connectivity index (χ0n) is 12.4. The number of hydrogen-bond donors (Lipinski definition) is 1. The van der Waals surface area contributed by atoms with E-state index in [1.165, 1.54) is 18.2 Å². The summed E-state index contributed by atoms with van der Waals surface area (Å²) in [7, 11) is 0. The normalized spacial score (nSPS) is 10.5. The maximum Gasteiger partial charge on any atom is 0.339 e. The first-order valence-corrected chi connectivity index (χ1v) is 7.08. The van der Waals surface area contributed by atoms with E-state index in [0.29, 0.717) is 10.9 Å². The van der Waals surface area contributed by atoms with Crippen LogP contribution in [-0.2, 0) is 11.3 Å². The van der Waals surface area contributed by atoms with Crippen LogP contribution in [0.5, 0.6) is 0 Å². The first kappa shape index (κ1) is 15.4. The van der Waals surface area contributed by atoms with E-state index >= 15 is 0 Å². The maximum atomic E-state index is 12.3. The number of ether oxygens (including phenoxy) is 1. The average Bonchev–Trinajstić information content (AvgIpc) is 2.59. The molecular weight excluding hydrogens is 312 g/mol. The fourth-order valence-corrected chi connectivity index (χ4v) is 2.41. The Balaban J connectivity index is 1.89. The number of pyridine rings is 1. The molecule has 0 atom stereocenters. The number of benzene rings is 2. The number of fused-ring (bicyclic) bond motifs is 1. The Morgan fingerprint density at radius 2 is 1.83 bits per heavy atom. The minimum atomic E-state index is -0.713. The Labute approximate surface area is 135 Å². The lowest BCUT2D eigenvalue weighted by Gasteiger charge is -2.07. The lowest BCUT2D eigenvalue weighted by Crippen LogP contribution is -2.13. The Kier molecular flexibility index (Phi) is 4.07. The number of rotatable bonds is 4. The zero-order valence-corrected chi connectivity index (χ0v) is 12.4. The molecule has 7 nitrogen and oxygen atoms in total. The van der Waals surface area contributed by atoms with Crippen molar-refractivity contribution in [2.75, 3.05) is 0 Å². The third-order valence-corrected chi connectivity index (χ3v) is 3.52. The van der Waals surface area contributed by atoms with Crippen LogP contribution in [-0.4, -0.2) is 15.9 Å². The monoisotopic (exact) mass is 324 g/mol. The highest BCUT2D eigenvalue weighted by atomic mass is 16.6. The largest absolute Gasteiger partial charge is 0.457 e. The van der Waals surface area contributed by atoms with E-state index in [0.717, 1.165) is 6.07 Å². The van der Waals surface area contributed by atoms with Gasteiger partial charge in [0.1, 0.15) is 6.61 Å². The van der Waals surface area contributed by atoms with Gasteiger partial charge in [-0.15, -0.1) is 0 Å². The number of nitrogens with one attached hydrogen (secondary N) is 1. The van der Waals surface area contributed by atoms with E-state index in [1.54, 1.807) is 30.3 Å². The molecule has 3 aromatic rings. The van der Waals surface area contributed by atoms with Crippen LogP contribution in [0.3, 0.4) is 0 Å². The molecule has 0 bridgehead atoms. The molecule has 120 valence electrons. The Hall–Kier alpha value is -3.48. The summed E-state index contributed by atoms with van der Waals surface area (Å²) in [5, 5.41) is 11.5. The number of esters is 1. The van der Waals surface area contributed by atoms with Crippen LogP contribution in [0.1, 0.15) is 15.9 Å². The predicted molar refractivity (Wildman–Crippen MR) is 86.8 cm³/mol. The molecule has 0 amide bonds. The highest BCUT2D eigenvalue weighted by Gasteiger charge is 2.17. The Morgan fingerprint density at radius 3 is 2.62 bits per heavy atom. The molecule has 0 saturated carbocycles. The molecule has 24 heavy (non-hydrogen) atoms. The molecule has 0 unspecified atom stereocenters. The van der Waals surface area contributed by atoms with Crippen molar-refractivity contribution in [3.05, 3.63) is 86.2 Å². The molecule has 0 aliphatic rings. The average molecular weight is 324 g/mol. The van der Waals surface area contributed by atoms with Gasteiger partial charge in [0.25, 0.3) is 5.69 Å². The third kappa shape index (κ3) is 3.00. The number of nitro benzene ring substituents is 1. The van der Waals surface area contributed by atoms with E-state index in [4.69, 9.17) is 4.74 Å². The number of aromatic nitrogens is 1. The van der Waals surface area contributed by atoms with E-state index in [1.807, 2.05) is 0 Å². The van der Waals surface area contributed by atoms with Gasteiger partial charge in [0, 0.05) is 23.0 Å². The van der Waals surface area contributed by atoms with Crippen LogP contribution in [0.25, 0.3) is 10.9 Å². The summed E-state index contributed by atoms with van der Waals surface area (Å²) in [6.07, 6.45) is 0. The molecule has 0 fully saturated rings. The molecular formula is C17H12N2O5. The summed E-state index contributed by atoms with van der Waals surface area (Å²) >= 11 is 0. The molecule has 0 saturated heterocycles. The summed E-state index contributed by atoms with van der Waals surface area (Å²) in [5.74, 6) is -0.713. The van der Waals surface area contributed by atoms with Gasteiger partial charge in [-0.05, 0) is 12.1 Å². The van der Waals surface area contributed by atoms with Crippen LogP contribution >= 0.6 is 0 Å².